The van der Waals surface area contributed by atoms with Crippen molar-refractivity contribution < 1.29 is 14.0 Å². The number of carbonyl (C=O) groups excluding carboxylic acids is 1. The number of benzene rings is 1. The van der Waals surface area contributed by atoms with Gasteiger partial charge in [-0.3, -0.25) is 4.79 Å². The Balaban J connectivity index is 1.78. The van der Waals surface area contributed by atoms with Crippen LogP contribution in [0.1, 0.15) is 18.4 Å². The van der Waals surface area contributed by atoms with Crippen molar-refractivity contribution in [2.45, 2.75) is 25.1 Å². The highest BCUT2D eigenvalue weighted by Crippen LogP contribution is 2.27. The Kier molecular flexibility index (Phi) is 3.08. The van der Waals surface area contributed by atoms with Crippen LogP contribution in [0.5, 0.6) is 0 Å². The molecule has 6 heteroatoms. The van der Waals surface area contributed by atoms with E-state index in [4.69, 9.17) is 4.84 Å². The van der Waals surface area contributed by atoms with Gasteiger partial charge in [0, 0.05) is 26.1 Å². The Morgan fingerprint density at radius 1 is 1.25 bits per heavy atom. The van der Waals surface area contributed by atoms with Crippen molar-refractivity contribution in [2.75, 3.05) is 14.1 Å². The van der Waals surface area contributed by atoms with E-state index in [1.807, 2.05) is 11.9 Å². The SMILES string of the molecule is CN1C(=O)CCC1C1ON=C(c2ccc(F)cc2)N1C. The van der Waals surface area contributed by atoms with Crippen LogP contribution in [0.3, 0.4) is 0 Å². The highest BCUT2D eigenvalue weighted by molar-refractivity contribution is 5.99. The molecule has 106 valence electrons. The van der Waals surface area contributed by atoms with E-state index >= 15 is 0 Å². The van der Waals surface area contributed by atoms with Gasteiger partial charge in [-0.1, -0.05) is 5.16 Å². The predicted molar refractivity (Wildman–Crippen MR) is 71.4 cm³/mol. The molecule has 1 saturated heterocycles. The number of likely N-dealkylation sites (N-methyl/N-ethyl adjacent to an activating group) is 2. The molecule has 0 aliphatic carbocycles. The molecule has 1 aromatic rings. The predicted octanol–water partition coefficient (Wildman–Crippen LogP) is 1.40. The Hall–Kier alpha value is -2.11. The van der Waals surface area contributed by atoms with Gasteiger partial charge in [-0.15, -0.1) is 0 Å². The Bertz CT molecular complexity index is 558. The van der Waals surface area contributed by atoms with Crippen molar-refractivity contribution in [1.29, 1.82) is 0 Å². The van der Waals surface area contributed by atoms with Crippen molar-refractivity contribution in [3.05, 3.63) is 35.6 Å². The summed E-state index contributed by atoms with van der Waals surface area (Å²) >= 11 is 0. The topological polar surface area (TPSA) is 45.1 Å². The smallest absolute Gasteiger partial charge is 0.222 e. The molecule has 0 saturated carbocycles. The van der Waals surface area contributed by atoms with Crippen molar-refractivity contribution in [1.82, 2.24) is 9.80 Å². The van der Waals surface area contributed by atoms with E-state index in [1.165, 1.54) is 12.1 Å². The maximum atomic E-state index is 13.0. The first-order valence-electron chi connectivity index (χ1n) is 6.56. The molecule has 0 bridgehead atoms. The van der Waals surface area contributed by atoms with Gasteiger partial charge >= 0.3 is 0 Å². The summed E-state index contributed by atoms with van der Waals surface area (Å²) in [7, 11) is 3.66. The number of oxime groups is 1. The number of hydrogen-bond donors (Lipinski definition) is 0. The zero-order valence-electron chi connectivity index (χ0n) is 11.4. The number of amidine groups is 1. The van der Waals surface area contributed by atoms with Gasteiger partial charge < -0.3 is 14.6 Å². The quantitative estimate of drug-likeness (QED) is 0.820. The molecular weight excluding hydrogens is 261 g/mol. The molecule has 0 radical (unpaired) electrons. The minimum atomic E-state index is -0.286. The van der Waals surface area contributed by atoms with Gasteiger partial charge in [0.25, 0.3) is 0 Å². The van der Waals surface area contributed by atoms with E-state index < -0.39 is 0 Å². The lowest BCUT2D eigenvalue weighted by Crippen LogP contribution is -2.47. The molecule has 1 amide bonds. The van der Waals surface area contributed by atoms with Crippen LogP contribution in [-0.2, 0) is 9.63 Å². The van der Waals surface area contributed by atoms with Gasteiger partial charge in [-0.2, -0.15) is 0 Å². The fourth-order valence-electron chi connectivity index (χ4n) is 2.70. The summed E-state index contributed by atoms with van der Waals surface area (Å²) in [5.41, 5.74) is 0.795. The van der Waals surface area contributed by atoms with Crippen LogP contribution in [0, 0.1) is 5.82 Å². The van der Waals surface area contributed by atoms with Gasteiger partial charge in [0.2, 0.25) is 12.1 Å². The van der Waals surface area contributed by atoms with Crippen LogP contribution in [0.2, 0.25) is 0 Å². The molecule has 2 aliphatic heterocycles. The highest BCUT2D eigenvalue weighted by atomic mass is 19.1. The molecule has 5 nitrogen and oxygen atoms in total. The number of rotatable bonds is 2. The fourth-order valence-corrected chi connectivity index (χ4v) is 2.70. The summed E-state index contributed by atoms with van der Waals surface area (Å²) in [5.74, 6) is 0.499. The zero-order valence-corrected chi connectivity index (χ0v) is 11.4. The Labute approximate surface area is 116 Å². The van der Waals surface area contributed by atoms with Gasteiger partial charge in [-0.25, -0.2) is 4.39 Å². The summed E-state index contributed by atoms with van der Waals surface area (Å²) in [6, 6.07) is 6.11. The maximum Gasteiger partial charge on any atom is 0.222 e. The lowest BCUT2D eigenvalue weighted by Gasteiger charge is -2.29. The normalized spacial score (nSPS) is 25.9. The first-order chi connectivity index (χ1) is 9.58. The fraction of sp³-hybridized carbons (Fsp3) is 0.429. The summed E-state index contributed by atoms with van der Waals surface area (Å²) < 4.78 is 13.0. The zero-order chi connectivity index (χ0) is 14.3. The van der Waals surface area contributed by atoms with E-state index in [9.17, 15) is 9.18 Å². The van der Waals surface area contributed by atoms with Crippen LogP contribution < -0.4 is 0 Å². The monoisotopic (exact) mass is 277 g/mol. The number of likely N-dealkylation sites (tertiary alicyclic amines) is 1. The van der Waals surface area contributed by atoms with Crippen LogP contribution in [-0.4, -0.2) is 47.9 Å². The number of amides is 1. The van der Waals surface area contributed by atoms with E-state index in [1.54, 1.807) is 24.1 Å². The Morgan fingerprint density at radius 3 is 2.55 bits per heavy atom. The van der Waals surface area contributed by atoms with Crippen molar-refractivity contribution in [3.63, 3.8) is 0 Å². The van der Waals surface area contributed by atoms with Gasteiger partial charge in [0.15, 0.2) is 5.84 Å². The molecule has 2 heterocycles. The molecule has 2 unspecified atom stereocenters. The van der Waals surface area contributed by atoms with Crippen LogP contribution >= 0.6 is 0 Å². The van der Waals surface area contributed by atoms with E-state index in [0.29, 0.717) is 12.3 Å². The van der Waals surface area contributed by atoms with E-state index in [2.05, 4.69) is 5.16 Å². The second-order valence-corrected chi connectivity index (χ2v) is 5.14. The van der Waals surface area contributed by atoms with Crippen LogP contribution in [0.25, 0.3) is 0 Å². The standard InChI is InChI=1S/C14H16FN3O2/c1-17-11(7-8-12(17)19)14-18(2)13(16-20-14)9-3-5-10(15)6-4-9/h3-6,11,14H,7-8H2,1-2H3. The lowest BCUT2D eigenvalue weighted by atomic mass is 10.1. The summed E-state index contributed by atoms with van der Waals surface area (Å²) in [6.45, 7) is 0. The first-order valence-corrected chi connectivity index (χ1v) is 6.56. The van der Waals surface area contributed by atoms with Crippen molar-refractivity contribution in [2.24, 2.45) is 5.16 Å². The molecule has 0 N–H and O–H groups in total. The minimum Gasteiger partial charge on any atom is -0.366 e. The van der Waals surface area contributed by atoms with Crippen LogP contribution in [0.4, 0.5) is 4.39 Å². The van der Waals surface area contributed by atoms with Gasteiger partial charge in [-0.05, 0) is 30.7 Å². The molecule has 1 fully saturated rings. The lowest BCUT2D eigenvalue weighted by molar-refractivity contribution is -0.130. The maximum absolute atomic E-state index is 13.0. The summed E-state index contributed by atoms with van der Waals surface area (Å²) in [5, 5.41) is 4.08. The summed E-state index contributed by atoms with van der Waals surface area (Å²) in [6.07, 6.45) is 1.02. The van der Waals surface area contributed by atoms with Crippen molar-refractivity contribution >= 4 is 11.7 Å². The van der Waals surface area contributed by atoms with Crippen molar-refractivity contribution in [3.8, 4) is 0 Å². The molecule has 20 heavy (non-hydrogen) atoms. The Morgan fingerprint density at radius 2 is 1.95 bits per heavy atom. The molecule has 0 aromatic heterocycles. The highest BCUT2D eigenvalue weighted by Gasteiger charge is 2.41. The van der Waals surface area contributed by atoms with Gasteiger partial charge in [0.1, 0.15) is 5.82 Å². The van der Waals surface area contributed by atoms with Crippen LogP contribution in [0.15, 0.2) is 29.4 Å². The number of hydrogen-bond acceptors (Lipinski definition) is 4. The third kappa shape index (κ3) is 2.01. The molecule has 1 aromatic carbocycles. The number of nitrogens with zero attached hydrogens (tertiary/aromatic N) is 3. The average Bonchev–Trinajstić information content (AvgIpc) is 2.96. The second kappa shape index (κ2) is 4.77. The largest absolute Gasteiger partial charge is 0.366 e. The minimum absolute atomic E-state index is 0.00537. The van der Waals surface area contributed by atoms with E-state index in [0.717, 1.165) is 12.0 Å². The first kappa shape index (κ1) is 12.9. The molecule has 2 aliphatic rings. The number of carbonyl (C=O) groups is 1. The summed E-state index contributed by atoms with van der Waals surface area (Å²) in [4.78, 5) is 20.7. The second-order valence-electron chi connectivity index (χ2n) is 5.14. The molecule has 2 atom stereocenters. The molecular formula is C14H16FN3O2. The third-order valence-electron chi connectivity index (χ3n) is 3.94. The third-order valence-corrected chi connectivity index (χ3v) is 3.94. The average molecular weight is 277 g/mol. The molecule has 0 spiro atoms. The number of halogens is 1. The molecule has 3 rings (SSSR count). The van der Waals surface area contributed by atoms with E-state index in [-0.39, 0.29) is 24.0 Å². The van der Waals surface area contributed by atoms with Gasteiger partial charge in [0.05, 0.1) is 6.04 Å².